The molecule has 0 radical (unpaired) electrons. The summed E-state index contributed by atoms with van der Waals surface area (Å²) >= 11 is 6.08. The first-order valence-corrected chi connectivity index (χ1v) is 10.4. The summed E-state index contributed by atoms with van der Waals surface area (Å²) in [6.45, 7) is 1.91. The largest absolute Gasteiger partial charge is 0.504 e. The number of ether oxygens (including phenoxy) is 2. The van der Waals surface area contributed by atoms with Crippen LogP contribution in [0.25, 0.3) is 22.1 Å². The van der Waals surface area contributed by atoms with Gasteiger partial charge in [-0.2, -0.15) is 0 Å². The molecule has 8 heteroatoms. The van der Waals surface area contributed by atoms with Crippen LogP contribution in [0, 0.1) is 0 Å². The molecule has 2 N–H and O–H groups in total. The second-order valence-electron chi connectivity index (χ2n) is 7.20. The minimum Gasteiger partial charge on any atom is -0.504 e. The Bertz CT molecular complexity index is 1300. The molecule has 0 saturated heterocycles. The number of allylic oxidation sites excluding steroid dienone is 5. The van der Waals surface area contributed by atoms with Crippen molar-refractivity contribution in [3.63, 3.8) is 0 Å². The van der Waals surface area contributed by atoms with Gasteiger partial charge in [-0.3, -0.25) is 0 Å². The van der Waals surface area contributed by atoms with Crippen LogP contribution < -0.4 is 0 Å². The summed E-state index contributed by atoms with van der Waals surface area (Å²) in [5.41, 5.74) is 3.79. The van der Waals surface area contributed by atoms with Crippen LogP contribution in [0.3, 0.4) is 0 Å². The van der Waals surface area contributed by atoms with E-state index in [0.29, 0.717) is 34.2 Å². The van der Waals surface area contributed by atoms with Gasteiger partial charge in [0.25, 0.3) is 0 Å². The lowest BCUT2D eigenvalue weighted by Gasteiger charge is -2.06. The molecule has 0 saturated carbocycles. The van der Waals surface area contributed by atoms with Crippen LogP contribution in [-0.4, -0.2) is 27.0 Å². The molecular weight excluding hydrogens is 431 g/mol. The molecule has 4 rings (SSSR count). The maximum Gasteiger partial charge on any atom is 0.145 e. The number of pyridine rings is 1. The van der Waals surface area contributed by atoms with E-state index >= 15 is 4.39 Å². The molecule has 6 nitrogen and oxygen atoms in total. The fraction of sp³-hybridized carbons (Fsp3) is 0.167. The minimum atomic E-state index is -0.426. The zero-order chi connectivity index (χ0) is 22.5. The van der Waals surface area contributed by atoms with Gasteiger partial charge < -0.3 is 19.4 Å². The topological polar surface area (TPSA) is 75.8 Å². The lowest BCUT2D eigenvalue weighted by atomic mass is 10.0. The summed E-state index contributed by atoms with van der Waals surface area (Å²) in [5.74, 6) is 0.672. The van der Waals surface area contributed by atoms with E-state index in [-0.39, 0.29) is 6.61 Å². The molecule has 4 aromatic rings. The van der Waals surface area contributed by atoms with E-state index in [4.69, 9.17) is 21.1 Å². The molecule has 0 unspecified atom stereocenters. The summed E-state index contributed by atoms with van der Waals surface area (Å²) in [4.78, 5) is 15.0. The summed E-state index contributed by atoms with van der Waals surface area (Å²) in [5, 5.41) is 1.36. The number of aromatic nitrogens is 4. The predicted octanol–water partition coefficient (Wildman–Crippen LogP) is 6.14. The van der Waals surface area contributed by atoms with Crippen molar-refractivity contribution in [2.45, 2.75) is 20.0 Å². The number of fused-ring (bicyclic) bond motifs is 2. The van der Waals surface area contributed by atoms with Gasteiger partial charge in [0.15, 0.2) is 0 Å². The van der Waals surface area contributed by atoms with Gasteiger partial charge in [-0.05, 0) is 42.3 Å². The molecule has 3 aromatic heterocycles. The van der Waals surface area contributed by atoms with E-state index in [1.807, 2.05) is 30.3 Å². The Morgan fingerprint density at radius 1 is 1.28 bits per heavy atom. The highest BCUT2D eigenvalue weighted by molar-refractivity contribution is 6.31. The van der Waals surface area contributed by atoms with E-state index in [1.54, 1.807) is 25.4 Å². The molecule has 3 heterocycles. The highest BCUT2D eigenvalue weighted by Gasteiger charge is 2.11. The molecule has 0 amide bonds. The van der Waals surface area contributed by atoms with Crippen molar-refractivity contribution in [2.75, 3.05) is 7.11 Å². The van der Waals surface area contributed by atoms with Gasteiger partial charge >= 0.3 is 0 Å². The van der Waals surface area contributed by atoms with Crippen molar-refractivity contribution >= 4 is 33.7 Å². The molecular formula is C24H22ClFN4O2. The average molecular weight is 453 g/mol. The van der Waals surface area contributed by atoms with E-state index in [9.17, 15) is 0 Å². The predicted molar refractivity (Wildman–Crippen MR) is 124 cm³/mol. The number of hydrogen-bond donors (Lipinski definition) is 2. The van der Waals surface area contributed by atoms with Crippen molar-refractivity contribution in [1.29, 1.82) is 0 Å². The SMILES string of the molecule is CO/C=C/C(Cc1c[nH]c2ncc(Cl)cc12)=C(F)\C=C(/C)OCc1nc2ccccc2[nH]1. The number of halogens is 2. The Kier molecular flexibility index (Phi) is 6.56. The van der Waals surface area contributed by atoms with Gasteiger partial charge in [-0.1, -0.05) is 23.7 Å². The van der Waals surface area contributed by atoms with Crippen molar-refractivity contribution in [2.24, 2.45) is 0 Å². The molecule has 32 heavy (non-hydrogen) atoms. The second kappa shape index (κ2) is 9.70. The standard InChI is InChI=1S/C24H22ClFN4O2/c1-15(32-14-23-29-21-5-3-4-6-22(21)30-23)9-20(26)16(7-8-31-2)10-17-12-27-24-19(17)11-18(25)13-28-24/h3-9,11-13H,10,14H2,1-2H3,(H,27,28)(H,29,30)/b8-7+,15-9+,20-16-. The van der Waals surface area contributed by atoms with Crippen molar-refractivity contribution < 1.29 is 13.9 Å². The number of methoxy groups -OCH3 is 1. The first-order chi connectivity index (χ1) is 15.5. The van der Waals surface area contributed by atoms with Gasteiger partial charge in [0, 0.05) is 30.3 Å². The zero-order valence-corrected chi connectivity index (χ0v) is 18.4. The molecule has 0 bridgehead atoms. The molecule has 0 fully saturated rings. The Balaban J connectivity index is 1.53. The van der Waals surface area contributed by atoms with E-state index in [1.165, 1.54) is 19.4 Å². The molecule has 1 aromatic carbocycles. The third kappa shape index (κ3) is 5.00. The van der Waals surface area contributed by atoms with Crippen molar-refractivity contribution in [1.82, 2.24) is 19.9 Å². The van der Waals surface area contributed by atoms with Crippen LogP contribution in [0.1, 0.15) is 18.3 Å². The van der Waals surface area contributed by atoms with Crippen molar-refractivity contribution in [3.05, 3.63) is 94.7 Å². The molecule has 0 aliphatic carbocycles. The monoisotopic (exact) mass is 452 g/mol. The fourth-order valence-electron chi connectivity index (χ4n) is 3.33. The van der Waals surface area contributed by atoms with Gasteiger partial charge in [0.05, 0.1) is 35.2 Å². The molecule has 0 aliphatic rings. The third-order valence-corrected chi connectivity index (χ3v) is 5.09. The summed E-state index contributed by atoms with van der Waals surface area (Å²) in [6, 6.07) is 9.53. The summed E-state index contributed by atoms with van der Waals surface area (Å²) in [6.07, 6.45) is 8.08. The maximum atomic E-state index is 15.1. The summed E-state index contributed by atoms with van der Waals surface area (Å²) < 4.78 is 25.9. The lowest BCUT2D eigenvalue weighted by molar-refractivity contribution is 0.193. The van der Waals surface area contributed by atoms with Gasteiger partial charge in [0.2, 0.25) is 0 Å². The highest BCUT2D eigenvalue weighted by Crippen LogP contribution is 2.25. The van der Waals surface area contributed by atoms with E-state index in [2.05, 4.69) is 19.9 Å². The van der Waals surface area contributed by atoms with Gasteiger partial charge in [-0.25, -0.2) is 14.4 Å². The molecule has 0 aliphatic heterocycles. The van der Waals surface area contributed by atoms with Crippen LogP contribution >= 0.6 is 11.6 Å². The number of rotatable bonds is 8. The quantitative estimate of drug-likeness (QED) is 0.249. The maximum absolute atomic E-state index is 15.1. The van der Waals surface area contributed by atoms with E-state index in [0.717, 1.165) is 22.0 Å². The Morgan fingerprint density at radius 3 is 2.94 bits per heavy atom. The van der Waals surface area contributed by atoms with Crippen LogP contribution in [0.4, 0.5) is 4.39 Å². The Hall–Kier alpha value is -3.58. The zero-order valence-electron chi connectivity index (χ0n) is 17.7. The van der Waals surface area contributed by atoms with Crippen LogP contribution in [0.5, 0.6) is 0 Å². The summed E-state index contributed by atoms with van der Waals surface area (Å²) in [7, 11) is 1.51. The first kappa shape index (κ1) is 21.6. The molecule has 0 spiro atoms. The Morgan fingerprint density at radius 2 is 2.12 bits per heavy atom. The van der Waals surface area contributed by atoms with Gasteiger partial charge in [0.1, 0.15) is 23.9 Å². The number of nitrogens with zero attached hydrogens (tertiary/aromatic N) is 2. The number of imidazole rings is 1. The number of hydrogen-bond acceptors (Lipinski definition) is 4. The number of aromatic amines is 2. The number of para-hydroxylation sites is 2. The van der Waals surface area contributed by atoms with Gasteiger partial charge in [-0.15, -0.1) is 0 Å². The first-order valence-electron chi connectivity index (χ1n) is 9.97. The van der Waals surface area contributed by atoms with Crippen LogP contribution in [0.2, 0.25) is 5.02 Å². The lowest BCUT2D eigenvalue weighted by Crippen LogP contribution is -1.95. The Labute approximate surface area is 189 Å². The number of H-pyrrole nitrogens is 2. The minimum absolute atomic E-state index is 0.208. The third-order valence-electron chi connectivity index (χ3n) is 4.88. The van der Waals surface area contributed by atoms with Crippen molar-refractivity contribution in [3.8, 4) is 0 Å². The smallest absolute Gasteiger partial charge is 0.145 e. The van der Waals surface area contributed by atoms with E-state index < -0.39 is 5.83 Å². The normalized spacial score (nSPS) is 13.2. The highest BCUT2D eigenvalue weighted by atomic mass is 35.5. The second-order valence-corrected chi connectivity index (χ2v) is 7.63. The molecule has 0 atom stereocenters. The number of benzene rings is 1. The fourth-order valence-corrected chi connectivity index (χ4v) is 3.48. The van der Waals surface area contributed by atoms with Crippen LogP contribution in [-0.2, 0) is 22.5 Å². The average Bonchev–Trinajstić information content (AvgIpc) is 3.38. The number of nitrogens with one attached hydrogen (secondary N) is 2. The van der Waals surface area contributed by atoms with Crippen LogP contribution in [0.15, 0.2) is 78.3 Å². The molecule has 164 valence electrons.